The van der Waals surface area contributed by atoms with E-state index in [0.29, 0.717) is 6.04 Å². The van der Waals surface area contributed by atoms with Gasteiger partial charge >= 0.3 is 0 Å². The third-order valence-corrected chi connectivity index (χ3v) is 3.92. The monoisotopic (exact) mass is 299 g/mol. The average Bonchev–Trinajstić information content (AvgIpc) is 2.26. The molecule has 0 saturated heterocycles. The van der Waals surface area contributed by atoms with Crippen LogP contribution in [-0.4, -0.2) is 13.2 Å². The first-order chi connectivity index (χ1) is 7.84. The van der Waals surface area contributed by atoms with Crippen LogP contribution in [0.1, 0.15) is 33.3 Å². The summed E-state index contributed by atoms with van der Waals surface area (Å²) in [6, 6.07) is 6.51. The molecule has 3 heteroatoms. The lowest BCUT2D eigenvalue weighted by Gasteiger charge is -2.28. The Hall–Kier alpha value is -0.540. The summed E-state index contributed by atoms with van der Waals surface area (Å²) in [6.45, 7) is 9.78. The van der Waals surface area contributed by atoms with Gasteiger partial charge in [-0.15, -0.1) is 0 Å². The summed E-state index contributed by atoms with van der Waals surface area (Å²) in [5.41, 5.74) is 1.49. The largest absolute Gasteiger partial charge is 0.497 e. The first-order valence-corrected chi connectivity index (χ1v) is 6.69. The molecule has 1 aromatic rings. The highest BCUT2D eigenvalue weighted by Crippen LogP contribution is 2.24. The molecule has 0 heterocycles. The van der Waals surface area contributed by atoms with Crippen molar-refractivity contribution in [2.75, 3.05) is 7.11 Å². The summed E-state index contributed by atoms with van der Waals surface area (Å²) in [5.74, 6) is 0.897. The van der Waals surface area contributed by atoms with Crippen LogP contribution in [-0.2, 0) is 6.54 Å². The van der Waals surface area contributed by atoms with Crippen molar-refractivity contribution in [3.8, 4) is 5.75 Å². The molecule has 1 rings (SSSR count). The standard InChI is InChI=1S/C14H22BrNO/c1-10(14(2,3)4)16-9-11-8-12(17-5)6-7-13(11)15/h6-8,10,16H,9H2,1-5H3. The van der Waals surface area contributed by atoms with E-state index >= 15 is 0 Å². The lowest BCUT2D eigenvalue weighted by Crippen LogP contribution is -2.37. The van der Waals surface area contributed by atoms with Crippen molar-refractivity contribution in [2.24, 2.45) is 5.41 Å². The Labute approximate surface area is 113 Å². The normalized spacial score (nSPS) is 13.5. The summed E-state index contributed by atoms with van der Waals surface area (Å²) < 4.78 is 6.35. The number of methoxy groups -OCH3 is 1. The SMILES string of the molecule is COc1ccc(Br)c(CNC(C)C(C)(C)C)c1. The van der Waals surface area contributed by atoms with Gasteiger partial charge in [-0.1, -0.05) is 36.7 Å². The summed E-state index contributed by atoms with van der Waals surface area (Å²) in [7, 11) is 1.69. The molecule has 2 nitrogen and oxygen atoms in total. The predicted molar refractivity (Wildman–Crippen MR) is 76.5 cm³/mol. The smallest absolute Gasteiger partial charge is 0.119 e. The molecule has 1 N–H and O–H groups in total. The molecule has 0 bridgehead atoms. The van der Waals surface area contributed by atoms with Gasteiger partial charge in [0.15, 0.2) is 0 Å². The van der Waals surface area contributed by atoms with E-state index in [2.05, 4.69) is 55.0 Å². The fraction of sp³-hybridized carbons (Fsp3) is 0.571. The van der Waals surface area contributed by atoms with Crippen LogP contribution in [0.15, 0.2) is 22.7 Å². The highest BCUT2D eigenvalue weighted by molar-refractivity contribution is 9.10. The molecule has 0 aliphatic carbocycles. The van der Waals surface area contributed by atoms with Gasteiger partial charge in [0, 0.05) is 17.1 Å². The number of nitrogens with one attached hydrogen (secondary N) is 1. The van der Waals surface area contributed by atoms with E-state index in [9.17, 15) is 0 Å². The minimum Gasteiger partial charge on any atom is -0.497 e. The summed E-state index contributed by atoms with van der Waals surface area (Å²) in [5, 5.41) is 3.55. The third-order valence-electron chi connectivity index (χ3n) is 3.15. The van der Waals surface area contributed by atoms with Crippen molar-refractivity contribution < 1.29 is 4.74 Å². The maximum atomic E-state index is 5.24. The lowest BCUT2D eigenvalue weighted by atomic mass is 9.88. The number of benzene rings is 1. The van der Waals surface area contributed by atoms with Crippen LogP contribution >= 0.6 is 15.9 Å². The Kier molecular flexibility index (Phi) is 5.02. The Balaban J connectivity index is 2.69. The van der Waals surface area contributed by atoms with E-state index in [0.717, 1.165) is 16.8 Å². The van der Waals surface area contributed by atoms with Gasteiger partial charge in [-0.3, -0.25) is 0 Å². The minimum atomic E-state index is 0.269. The number of rotatable bonds is 4. The van der Waals surface area contributed by atoms with Crippen LogP contribution in [0.3, 0.4) is 0 Å². The summed E-state index contributed by atoms with van der Waals surface area (Å²) >= 11 is 3.56. The van der Waals surface area contributed by atoms with Crippen LogP contribution < -0.4 is 10.1 Å². The number of hydrogen-bond acceptors (Lipinski definition) is 2. The second-order valence-electron chi connectivity index (χ2n) is 5.43. The van der Waals surface area contributed by atoms with Crippen molar-refractivity contribution in [3.05, 3.63) is 28.2 Å². The van der Waals surface area contributed by atoms with Crippen molar-refractivity contribution in [3.63, 3.8) is 0 Å². The summed E-state index contributed by atoms with van der Waals surface area (Å²) in [4.78, 5) is 0. The zero-order valence-corrected chi connectivity index (χ0v) is 12.9. The lowest BCUT2D eigenvalue weighted by molar-refractivity contribution is 0.285. The van der Waals surface area contributed by atoms with Crippen LogP contribution in [0.4, 0.5) is 0 Å². The topological polar surface area (TPSA) is 21.3 Å². The van der Waals surface area contributed by atoms with E-state index < -0.39 is 0 Å². The second-order valence-corrected chi connectivity index (χ2v) is 6.28. The van der Waals surface area contributed by atoms with Gasteiger partial charge in [0.1, 0.15) is 5.75 Å². The molecular weight excluding hydrogens is 278 g/mol. The van der Waals surface area contributed by atoms with Gasteiger partial charge in [-0.05, 0) is 36.1 Å². The molecule has 1 aromatic carbocycles. The number of halogens is 1. The Bertz CT molecular complexity index is 371. The van der Waals surface area contributed by atoms with E-state index in [1.165, 1.54) is 5.56 Å². The van der Waals surface area contributed by atoms with Crippen LogP contribution in [0.5, 0.6) is 5.75 Å². The van der Waals surface area contributed by atoms with Gasteiger partial charge in [0.25, 0.3) is 0 Å². The maximum absolute atomic E-state index is 5.24. The molecule has 0 aliphatic heterocycles. The fourth-order valence-corrected chi connectivity index (χ4v) is 1.77. The second kappa shape index (κ2) is 5.87. The molecule has 17 heavy (non-hydrogen) atoms. The first kappa shape index (κ1) is 14.5. The van der Waals surface area contributed by atoms with E-state index in [1.807, 2.05) is 12.1 Å². The third kappa shape index (κ3) is 4.32. The minimum absolute atomic E-state index is 0.269. The molecule has 0 saturated carbocycles. The molecular formula is C14H22BrNO. The highest BCUT2D eigenvalue weighted by atomic mass is 79.9. The van der Waals surface area contributed by atoms with Crippen LogP contribution in [0, 0.1) is 5.41 Å². The highest BCUT2D eigenvalue weighted by Gasteiger charge is 2.19. The maximum Gasteiger partial charge on any atom is 0.119 e. The van der Waals surface area contributed by atoms with Crippen molar-refractivity contribution in [2.45, 2.75) is 40.3 Å². The first-order valence-electron chi connectivity index (χ1n) is 5.90. The van der Waals surface area contributed by atoms with Crippen LogP contribution in [0.25, 0.3) is 0 Å². The van der Waals surface area contributed by atoms with E-state index in [-0.39, 0.29) is 5.41 Å². The van der Waals surface area contributed by atoms with Gasteiger partial charge in [0.2, 0.25) is 0 Å². The van der Waals surface area contributed by atoms with E-state index in [1.54, 1.807) is 7.11 Å². The van der Waals surface area contributed by atoms with Gasteiger partial charge < -0.3 is 10.1 Å². The quantitative estimate of drug-likeness (QED) is 0.908. The Morgan fingerprint density at radius 2 is 2.00 bits per heavy atom. The molecule has 1 atom stereocenters. The molecule has 1 unspecified atom stereocenters. The van der Waals surface area contributed by atoms with Crippen molar-refractivity contribution in [1.29, 1.82) is 0 Å². The Morgan fingerprint density at radius 1 is 1.35 bits per heavy atom. The van der Waals surface area contributed by atoms with Gasteiger partial charge in [-0.2, -0.15) is 0 Å². The number of hydrogen-bond donors (Lipinski definition) is 1. The molecule has 0 aromatic heterocycles. The van der Waals surface area contributed by atoms with Crippen molar-refractivity contribution in [1.82, 2.24) is 5.32 Å². The number of ether oxygens (including phenoxy) is 1. The van der Waals surface area contributed by atoms with Crippen LogP contribution in [0.2, 0.25) is 0 Å². The molecule has 96 valence electrons. The molecule has 0 amide bonds. The molecule has 0 spiro atoms. The Morgan fingerprint density at radius 3 is 2.53 bits per heavy atom. The zero-order valence-electron chi connectivity index (χ0n) is 11.3. The molecule has 0 aliphatic rings. The van der Waals surface area contributed by atoms with Gasteiger partial charge in [0.05, 0.1) is 7.11 Å². The van der Waals surface area contributed by atoms with Crippen molar-refractivity contribution >= 4 is 15.9 Å². The summed E-state index contributed by atoms with van der Waals surface area (Å²) in [6.07, 6.45) is 0. The average molecular weight is 300 g/mol. The van der Waals surface area contributed by atoms with Gasteiger partial charge in [-0.25, -0.2) is 0 Å². The zero-order chi connectivity index (χ0) is 13.1. The molecule has 0 radical (unpaired) electrons. The molecule has 0 fully saturated rings. The fourth-order valence-electron chi connectivity index (χ4n) is 1.38. The predicted octanol–water partition coefficient (Wildman–Crippen LogP) is 3.98. The van der Waals surface area contributed by atoms with E-state index in [4.69, 9.17) is 4.74 Å².